The van der Waals surface area contributed by atoms with Crippen molar-refractivity contribution in [3.63, 3.8) is 0 Å². The van der Waals surface area contributed by atoms with Gasteiger partial charge in [0.05, 0.1) is 6.54 Å². The molecular formula is C20H36Cl2N4O2. The van der Waals surface area contributed by atoms with Gasteiger partial charge in [0.2, 0.25) is 11.8 Å². The lowest BCUT2D eigenvalue weighted by atomic mass is 9.91. The van der Waals surface area contributed by atoms with Crippen molar-refractivity contribution in [3.05, 3.63) is 0 Å². The Hall–Kier alpha value is -0.560. The van der Waals surface area contributed by atoms with E-state index >= 15 is 0 Å². The van der Waals surface area contributed by atoms with Crippen LogP contribution in [0.25, 0.3) is 0 Å². The lowest BCUT2D eigenvalue weighted by Crippen LogP contribution is -2.53. The fraction of sp³-hybridized carbons (Fsp3) is 0.900. The number of carbonyl (C=O) groups excluding carboxylic acids is 2. The second-order valence-electron chi connectivity index (χ2n) is 8.90. The number of halogens is 2. The molecule has 3 aliphatic heterocycles. The van der Waals surface area contributed by atoms with Crippen molar-refractivity contribution in [1.82, 2.24) is 20.0 Å². The van der Waals surface area contributed by atoms with Crippen LogP contribution in [-0.2, 0) is 9.59 Å². The summed E-state index contributed by atoms with van der Waals surface area (Å²) in [6.45, 7) is 8.96. The largest absolute Gasteiger partial charge is 0.340 e. The third kappa shape index (κ3) is 4.94. The van der Waals surface area contributed by atoms with Crippen molar-refractivity contribution in [2.24, 2.45) is 11.3 Å². The first kappa shape index (κ1) is 23.7. The van der Waals surface area contributed by atoms with Gasteiger partial charge in [-0.05, 0) is 64.0 Å². The molecule has 2 amide bonds. The SMILES string of the molecule is CC1CCCCN1C(=O)CN1CCN(C(=O)C2CC23CCNCC3)CC1.Cl.Cl. The van der Waals surface area contributed by atoms with E-state index in [-0.39, 0.29) is 36.6 Å². The van der Waals surface area contributed by atoms with Crippen LogP contribution in [0, 0.1) is 11.3 Å². The molecule has 3 heterocycles. The molecule has 0 radical (unpaired) electrons. The van der Waals surface area contributed by atoms with Crippen LogP contribution in [-0.4, -0.2) is 84.9 Å². The molecule has 0 aromatic heterocycles. The highest BCUT2D eigenvalue weighted by Gasteiger charge is 2.58. The average Bonchev–Trinajstić information content (AvgIpc) is 3.35. The minimum absolute atomic E-state index is 0. The number of piperidine rings is 2. The topological polar surface area (TPSA) is 55.9 Å². The van der Waals surface area contributed by atoms with E-state index in [1.54, 1.807) is 0 Å². The molecule has 0 aromatic rings. The average molecular weight is 435 g/mol. The molecule has 8 heteroatoms. The number of nitrogens with zero attached hydrogens (tertiary/aromatic N) is 3. The Morgan fingerprint density at radius 3 is 2.32 bits per heavy atom. The Morgan fingerprint density at radius 1 is 1.00 bits per heavy atom. The van der Waals surface area contributed by atoms with E-state index < -0.39 is 0 Å². The number of nitrogens with one attached hydrogen (secondary N) is 1. The highest BCUT2D eigenvalue weighted by molar-refractivity contribution is 5.85. The quantitative estimate of drug-likeness (QED) is 0.734. The van der Waals surface area contributed by atoms with E-state index in [0.717, 1.165) is 77.9 Å². The minimum Gasteiger partial charge on any atom is -0.340 e. The third-order valence-electron chi connectivity index (χ3n) is 7.25. The van der Waals surface area contributed by atoms with Crippen LogP contribution in [0.2, 0.25) is 0 Å². The van der Waals surface area contributed by atoms with Crippen LogP contribution < -0.4 is 5.32 Å². The van der Waals surface area contributed by atoms with Gasteiger partial charge in [0.1, 0.15) is 0 Å². The maximum atomic E-state index is 12.9. The van der Waals surface area contributed by atoms with Crippen molar-refractivity contribution in [1.29, 1.82) is 0 Å². The fourth-order valence-corrected chi connectivity index (χ4v) is 5.27. The summed E-state index contributed by atoms with van der Waals surface area (Å²) in [4.78, 5) is 31.8. The second-order valence-corrected chi connectivity index (χ2v) is 8.90. The number of likely N-dealkylation sites (tertiary alicyclic amines) is 1. The van der Waals surface area contributed by atoms with Crippen LogP contribution in [0.15, 0.2) is 0 Å². The van der Waals surface area contributed by atoms with E-state index in [1.165, 1.54) is 6.42 Å². The summed E-state index contributed by atoms with van der Waals surface area (Å²) < 4.78 is 0. The van der Waals surface area contributed by atoms with Crippen LogP contribution in [0.3, 0.4) is 0 Å². The van der Waals surface area contributed by atoms with Crippen molar-refractivity contribution >= 4 is 36.6 Å². The van der Waals surface area contributed by atoms with Gasteiger partial charge >= 0.3 is 0 Å². The smallest absolute Gasteiger partial charge is 0.236 e. The summed E-state index contributed by atoms with van der Waals surface area (Å²) in [6, 6.07) is 0.384. The molecule has 3 saturated heterocycles. The summed E-state index contributed by atoms with van der Waals surface area (Å²) in [6.07, 6.45) is 6.92. The Morgan fingerprint density at radius 2 is 1.68 bits per heavy atom. The van der Waals surface area contributed by atoms with Crippen molar-refractivity contribution < 1.29 is 9.59 Å². The first-order valence-corrected chi connectivity index (χ1v) is 10.6. The maximum Gasteiger partial charge on any atom is 0.236 e. The molecule has 28 heavy (non-hydrogen) atoms. The monoisotopic (exact) mass is 434 g/mol. The minimum atomic E-state index is 0. The molecule has 4 rings (SSSR count). The van der Waals surface area contributed by atoms with Crippen molar-refractivity contribution in [3.8, 4) is 0 Å². The fourth-order valence-electron chi connectivity index (χ4n) is 5.27. The number of rotatable bonds is 3. The second kappa shape index (κ2) is 9.96. The number of piperazine rings is 1. The van der Waals surface area contributed by atoms with E-state index in [1.807, 2.05) is 0 Å². The van der Waals surface area contributed by atoms with Gasteiger partial charge in [0.15, 0.2) is 0 Å². The molecule has 1 spiro atoms. The highest BCUT2D eigenvalue weighted by atomic mass is 35.5. The van der Waals surface area contributed by atoms with Gasteiger partial charge in [0.25, 0.3) is 0 Å². The molecule has 162 valence electrons. The van der Waals surface area contributed by atoms with Gasteiger partial charge < -0.3 is 15.1 Å². The van der Waals surface area contributed by atoms with Crippen molar-refractivity contribution in [2.45, 2.75) is 51.5 Å². The molecule has 2 unspecified atom stereocenters. The zero-order chi connectivity index (χ0) is 18.1. The number of hydrogen-bond donors (Lipinski definition) is 1. The Kier molecular flexibility index (Phi) is 8.44. The van der Waals surface area contributed by atoms with Gasteiger partial charge in [-0.3, -0.25) is 14.5 Å². The Bertz CT molecular complexity index is 548. The number of amides is 2. The van der Waals surface area contributed by atoms with E-state index in [0.29, 0.717) is 23.9 Å². The summed E-state index contributed by atoms with van der Waals surface area (Å²) in [5, 5.41) is 3.41. The van der Waals surface area contributed by atoms with Gasteiger partial charge in [-0.2, -0.15) is 0 Å². The molecule has 0 bridgehead atoms. The molecule has 0 aromatic carbocycles. The lowest BCUT2D eigenvalue weighted by molar-refractivity contribution is -0.138. The first-order valence-electron chi connectivity index (χ1n) is 10.6. The number of carbonyl (C=O) groups is 2. The Labute approximate surface area is 181 Å². The van der Waals surface area contributed by atoms with Crippen LogP contribution in [0.4, 0.5) is 0 Å². The summed E-state index contributed by atoms with van der Waals surface area (Å²) in [5.41, 5.74) is 0.319. The van der Waals surface area contributed by atoms with Crippen molar-refractivity contribution in [2.75, 3.05) is 52.4 Å². The molecule has 2 atom stereocenters. The summed E-state index contributed by atoms with van der Waals surface area (Å²) >= 11 is 0. The standard InChI is InChI=1S/C20H34N4O2.2ClH/c1-16-4-2-3-9-24(16)18(25)15-22-10-12-23(13-11-22)19(26)17-14-20(17)5-7-21-8-6-20;;/h16-17,21H,2-15H2,1H3;2*1H. The molecule has 1 N–H and O–H groups in total. The zero-order valence-corrected chi connectivity index (χ0v) is 18.7. The van der Waals surface area contributed by atoms with E-state index in [2.05, 4.69) is 26.9 Å². The third-order valence-corrected chi connectivity index (χ3v) is 7.25. The molecule has 4 aliphatic rings. The zero-order valence-electron chi connectivity index (χ0n) is 17.0. The van der Waals surface area contributed by atoms with Crippen LogP contribution >= 0.6 is 24.8 Å². The Balaban J connectivity index is 0.00000140. The summed E-state index contributed by atoms with van der Waals surface area (Å²) in [5.74, 6) is 0.919. The predicted molar refractivity (Wildman–Crippen MR) is 115 cm³/mol. The molecule has 6 nitrogen and oxygen atoms in total. The molecule has 1 aliphatic carbocycles. The van der Waals surface area contributed by atoms with E-state index in [9.17, 15) is 9.59 Å². The highest BCUT2D eigenvalue weighted by Crippen LogP contribution is 2.59. The van der Waals surface area contributed by atoms with Gasteiger partial charge in [-0.1, -0.05) is 0 Å². The predicted octanol–water partition coefficient (Wildman–Crippen LogP) is 1.76. The van der Waals surface area contributed by atoms with Gasteiger partial charge in [-0.15, -0.1) is 24.8 Å². The van der Waals surface area contributed by atoms with E-state index in [4.69, 9.17) is 0 Å². The van der Waals surface area contributed by atoms with Gasteiger partial charge in [0, 0.05) is 44.7 Å². The maximum absolute atomic E-state index is 12.9. The summed E-state index contributed by atoms with van der Waals surface area (Å²) in [7, 11) is 0. The lowest BCUT2D eigenvalue weighted by Gasteiger charge is -2.38. The molecular weight excluding hydrogens is 399 g/mol. The van der Waals surface area contributed by atoms with Crippen LogP contribution in [0.1, 0.15) is 45.4 Å². The molecule has 4 fully saturated rings. The van der Waals surface area contributed by atoms with Crippen LogP contribution in [0.5, 0.6) is 0 Å². The van der Waals surface area contributed by atoms with Gasteiger partial charge in [-0.25, -0.2) is 0 Å². The first-order chi connectivity index (χ1) is 12.6. The number of hydrogen-bond acceptors (Lipinski definition) is 4. The normalized spacial score (nSPS) is 29.6. The molecule has 1 saturated carbocycles.